The minimum Gasteiger partial charge on any atom is -0.385 e. The van der Waals surface area contributed by atoms with Crippen LogP contribution in [0.2, 0.25) is 0 Å². The van der Waals surface area contributed by atoms with Crippen LogP contribution >= 0.6 is 0 Å². The molecule has 1 aromatic carbocycles. The Morgan fingerprint density at radius 3 is 2.67 bits per heavy atom. The number of hydrogen-bond acceptors (Lipinski definition) is 2. The van der Waals surface area contributed by atoms with Gasteiger partial charge in [0.05, 0.1) is 0 Å². The first-order valence-electron chi connectivity index (χ1n) is 8.28. The number of rotatable bonds is 6. The average Bonchev–Trinajstić information content (AvgIpc) is 2.52. The maximum atomic E-state index is 11.3. The first kappa shape index (κ1) is 15.9. The summed E-state index contributed by atoms with van der Waals surface area (Å²) in [6.45, 7) is 6.76. The topological polar surface area (TPSA) is 32.3 Å². The van der Waals surface area contributed by atoms with E-state index in [2.05, 4.69) is 36.5 Å². The lowest BCUT2D eigenvalue weighted by atomic mass is 9.96. The molecule has 1 aromatic rings. The molecular formula is C18H28N2O. The Labute approximate surface area is 128 Å². The van der Waals surface area contributed by atoms with Gasteiger partial charge in [0, 0.05) is 32.2 Å². The molecule has 0 saturated carbocycles. The van der Waals surface area contributed by atoms with Crippen molar-refractivity contribution in [3.63, 3.8) is 0 Å². The Bertz CT molecular complexity index is 450. The van der Waals surface area contributed by atoms with Gasteiger partial charge in [0.25, 0.3) is 0 Å². The molecule has 1 aliphatic rings. The van der Waals surface area contributed by atoms with Crippen LogP contribution in [0.25, 0.3) is 0 Å². The number of benzene rings is 1. The largest absolute Gasteiger partial charge is 0.385 e. The molecule has 0 bridgehead atoms. The Morgan fingerprint density at radius 1 is 1.29 bits per heavy atom. The zero-order valence-corrected chi connectivity index (χ0v) is 13.4. The van der Waals surface area contributed by atoms with E-state index in [1.807, 2.05) is 4.90 Å². The van der Waals surface area contributed by atoms with Crippen molar-refractivity contribution in [2.45, 2.75) is 46.0 Å². The van der Waals surface area contributed by atoms with E-state index in [4.69, 9.17) is 0 Å². The van der Waals surface area contributed by atoms with Crippen molar-refractivity contribution < 1.29 is 4.79 Å². The Kier molecular flexibility index (Phi) is 6.09. The molecule has 0 radical (unpaired) electrons. The fourth-order valence-electron chi connectivity index (χ4n) is 2.98. The highest BCUT2D eigenvalue weighted by atomic mass is 16.2. The number of nitrogens with one attached hydrogen (secondary N) is 1. The summed E-state index contributed by atoms with van der Waals surface area (Å²) in [5, 5.41) is 3.63. The Hall–Kier alpha value is -1.51. The van der Waals surface area contributed by atoms with E-state index in [0.717, 1.165) is 38.9 Å². The predicted octanol–water partition coefficient (Wildman–Crippen LogP) is 3.70. The van der Waals surface area contributed by atoms with Crippen LogP contribution in [0.3, 0.4) is 0 Å². The zero-order chi connectivity index (χ0) is 15.1. The second-order valence-corrected chi connectivity index (χ2v) is 6.09. The van der Waals surface area contributed by atoms with Gasteiger partial charge in [0.15, 0.2) is 0 Å². The third-order valence-corrected chi connectivity index (χ3v) is 4.46. The third kappa shape index (κ3) is 4.76. The number of para-hydroxylation sites is 1. The van der Waals surface area contributed by atoms with Crippen LogP contribution < -0.4 is 5.32 Å². The van der Waals surface area contributed by atoms with Gasteiger partial charge < -0.3 is 10.2 Å². The monoisotopic (exact) mass is 288 g/mol. The predicted molar refractivity (Wildman–Crippen MR) is 88.5 cm³/mol. The lowest BCUT2D eigenvalue weighted by Crippen LogP contribution is -2.38. The van der Waals surface area contributed by atoms with Crippen molar-refractivity contribution in [1.29, 1.82) is 0 Å². The number of aryl methyl sites for hydroxylation is 1. The molecule has 1 amide bonds. The maximum Gasteiger partial charge on any atom is 0.219 e. The Balaban J connectivity index is 1.82. The molecule has 2 rings (SSSR count). The van der Waals surface area contributed by atoms with Crippen LogP contribution in [0.4, 0.5) is 5.69 Å². The fourth-order valence-corrected chi connectivity index (χ4v) is 2.98. The van der Waals surface area contributed by atoms with E-state index in [9.17, 15) is 4.79 Å². The molecule has 0 aromatic heterocycles. The van der Waals surface area contributed by atoms with Crippen LogP contribution in [-0.4, -0.2) is 30.4 Å². The number of anilines is 1. The smallest absolute Gasteiger partial charge is 0.219 e. The molecule has 21 heavy (non-hydrogen) atoms. The standard InChI is InChI=1S/C18H28N2O/c1-3-4-7-17-8-5-6-9-18(17)19-14-16-10-12-20(13-11-16)15(2)21/h5-6,8-9,16,19H,3-4,7,10-14H2,1-2H3. The van der Waals surface area contributed by atoms with E-state index >= 15 is 0 Å². The molecule has 1 N–H and O–H groups in total. The summed E-state index contributed by atoms with van der Waals surface area (Å²) in [5.41, 5.74) is 2.72. The van der Waals surface area contributed by atoms with Gasteiger partial charge in [-0.3, -0.25) is 4.79 Å². The molecule has 1 saturated heterocycles. The van der Waals surface area contributed by atoms with E-state index in [-0.39, 0.29) is 5.91 Å². The molecule has 1 heterocycles. The summed E-state index contributed by atoms with van der Waals surface area (Å²) in [6.07, 6.45) is 5.86. The van der Waals surface area contributed by atoms with Crippen molar-refractivity contribution in [2.24, 2.45) is 5.92 Å². The van der Waals surface area contributed by atoms with Crippen molar-refractivity contribution >= 4 is 11.6 Å². The van der Waals surface area contributed by atoms with E-state index in [1.54, 1.807) is 6.92 Å². The summed E-state index contributed by atoms with van der Waals surface area (Å²) in [5.74, 6) is 0.895. The number of unbranched alkanes of at least 4 members (excludes halogenated alkanes) is 1. The SMILES string of the molecule is CCCCc1ccccc1NCC1CCN(C(C)=O)CC1. The maximum absolute atomic E-state index is 11.3. The van der Waals surface area contributed by atoms with Gasteiger partial charge in [0.1, 0.15) is 0 Å². The summed E-state index contributed by atoms with van der Waals surface area (Å²) in [4.78, 5) is 13.3. The molecule has 0 aliphatic carbocycles. The molecule has 116 valence electrons. The van der Waals surface area contributed by atoms with E-state index in [1.165, 1.54) is 24.1 Å². The van der Waals surface area contributed by atoms with E-state index < -0.39 is 0 Å². The first-order valence-corrected chi connectivity index (χ1v) is 8.28. The molecule has 3 heteroatoms. The van der Waals surface area contributed by atoms with Gasteiger partial charge in [-0.25, -0.2) is 0 Å². The normalized spacial score (nSPS) is 16.0. The summed E-state index contributed by atoms with van der Waals surface area (Å²) in [6, 6.07) is 8.66. The number of likely N-dealkylation sites (tertiary alicyclic amines) is 1. The lowest BCUT2D eigenvalue weighted by molar-refractivity contribution is -0.130. The summed E-state index contributed by atoms with van der Waals surface area (Å²) >= 11 is 0. The fraction of sp³-hybridized carbons (Fsp3) is 0.611. The molecule has 0 atom stereocenters. The van der Waals surface area contributed by atoms with Crippen molar-refractivity contribution in [3.8, 4) is 0 Å². The third-order valence-electron chi connectivity index (χ3n) is 4.46. The minimum atomic E-state index is 0.214. The molecule has 0 unspecified atom stereocenters. The van der Waals surface area contributed by atoms with Gasteiger partial charge >= 0.3 is 0 Å². The molecule has 1 fully saturated rings. The highest BCUT2D eigenvalue weighted by Gasteiger charge is 2.20. The molecule has 1 aliphatic heterocycles. The number of hydrogen-bond donors (Lipinski definition) is 1. The van der Waals surface area contributed by atoms with Gasteiger partial charge in [-0.05, 0) is 43.2 Å². The second-order valence-electron chi connectivity index (χ2n) is 6.09. The number of nitrogens with zero attached hydrogens (tertiary/aromatic N) is 1. The van der Waals surface area contributed by atoms with Gasteiger partial charge in [-0.15, -0.1) is 0 Å². The second kappa shape index (κ2) is 8.06. The molecule has 0 spiro atoms. The molecular weight excluding hydrogens is 260 g/mol. The van der Waals surface area contributed by atoms with Crippen LogP contribution in [0.1, 0.15) is 45.1 Å². The van der Waals surface area contributed by atoms with Gasteiger partial charge in [0.2, 0.25) is 5.91 Å². The number of carbonyl (C=O) groups excluding carboxylic acids is 1. The van der Waals surface area contributed by atoms with Crippen molar-refractivity contribution in [2.75, 3.05) is 25.0 Å². The summed E-state index contributed by atoms with van der Waals surface area (Å²) < 4.78 is 0. The highest BCUT2D eigenvalue weighted by Crippen LogP contribution is 2.21. The number of amides is 1. The number of carbonyl (C=O) groups is 1. The van der Waals surface area contributed by atoms with Gasteiger partial charge in [-0.1, -0.05) is 31.5 Å². The Morgan fingerprint density at radius 2 is 2.00 bits per heavy atom. The summed E-state index contributed by atoms with van der Waals surface area (Å²) in [7, 11) is 0. The highest BCUT2D eigenvalue weighted by molar-refractivity contribution is 5.73. The zero-order valence-electron chi connectivity index (χ0n) is 13.4. The van der Waals surface area contributed by atoms with Crippen LogP contribution in [0.15, 0.2) is 24.3 Å². The van der Waals surface area contributed by atoms with Crippen molar-refractivity contribution in [3.05, 3.63) is 29.8 Å². The average molecular weight is 288 g/mol. The van der Waals surface area contributed by atoms with E-state index in [0.29, 0.717) is 5.92 Å². The van der Waals surface area contributed by atoms with Crippen LogP contribution in [0.5, 0.6) is 0 Å². The lowest BCUT2D eigenvalue weighted by Gasteiger charge is -2.31. The first-order chi connectivity index (χ1) is 10.2. The molecule has 3 nitrogen and oxygen atoms in total. The number of piperidine rings is 1. The van der Waals surface area contributed by atoms with Gasteiger partial charge in [-0.2, -0.15) is 0 Å². The van der Waals surface area contributed by atoms with Crippen LogP contribution in [0, 0.1) is 5.92 Å². The van der Waals surface area contributed by atoms with Crippen LogP contribution in [-0.2, 0) is 11.2 Å². The minimum absolute atomic E-state index is 0.214. The quantitative estimate of drug-likeness (QED) is 0.865. The van der Waals surface area contributed by atoms with Crippen molar-refractivity contribution in [1.82, 2.24) is 4.90 Å².